The Labute approximate surface area is 272 Å². The molecule has 0 aliphatic rings. The fraction of sp³-hybridized carbons (Fsp3) is 0.921. The molecule has 0 fully saturated rings. The van der Waals surface area contributed by atoms with Gasteiger partial charge in [-0.05, 0) is 12.8 Å². The van der Waals surface area contributed by atoms with E-state index in [1.807, 2.05) is 0 Å². The molecular formula is C38H73NO5. The Morgan fingerprint density at radius 2 is 0.818 bits per heavy atom. The van der Waals surface area contributed by atoms with Crippen molar-refractivity contribution >= 4 is 17.8 Å². The third-order valence-corrected chi connectivity index (χ3v) is 8.75. The summed E-state index contributed by atoms with van der Waals surface area (Å²) in [6, 6.07) is -1.11. The van der Waals surface area contributed by atoms with E-state index in [1.54, 1.807) is 0 Å². The fourth-order valence-electron chi connectivity index (χ4n) is 5.86. The van der Waals surface area contributed by atoms with Crippen molar-refractivity contribution in [1.82, 2.24) is 5.32 Å². The SMILES string of the molecule is CCCCCCCCCCCCCCCCCCOC(=O)[C@H](CC(=O)O)NC(=O)CCCCCCCCCCCCCCC. The molecule has 0 radical (unpaired) electrons. The Bertz CT molecular complexity index is 653. The predicted molar refractivity (Wildman–Crippen MR) is 185 cm³/mol. The first-order valence-electron chi connectivity index (χ1n) is 19.2. The molecule has 1 atom stereocenters. The number of carbonyl (C=O) groups excluding carboxylic acids is 2. The lowest BCUT2D eigenvalue weighted by molar-refractivity contribution is -0.151. The van der Waals surface area contributed by atoms with Crippen molar-refractivity contribution in [2.75, 3.05) is 6.61 Å². The van der Waals surface area contributed by atoms with Crippen molar-refractivity contribution in [3.8, 4) is 0 Å². The first-order valence-corrected chi connectivity index (χ1v) is 19.2. The normalized spacial score (nSPS) is 11.9. The van der Waals surface area contributed by atoms with Crippen LogP contribution in [-0.4, -0.2) is 35.6 Å². The number of unbranched alkanes of at least 4 members (excludes halogenated alkanes) is 27. The number of ether oxygens (including phenoxy) is 1. The van der Waals surface area contributed by atoms with Gasteiger partial charge in [0.2, 0.25) is 5.91 Å². The molecule has 0 aromatic rings. The van der Waals surface area contributed by atoms with Crippen molar-refractivity contribution < 1.29 is 24.2 Å². The molecule has 0 aliphatic heterocycles. The summed E-state index contributed by atoms with van der Waals surface area (Å²) in [5, 5.41) is 11.8. The molecule has 0 spiro atoms. The maximum Gasteiger partial charge on any atom is 0.329 e. The Balaban J connectivity index is 3.73. The molecule has 0 aromatic heterocycles. The van der Waals surface area contributed by atoms with Gasteiger partial charge < -0.3 is 15.2 Å². The highest BCUT2D eigenvalue weighted by atomic mass is 16.5. The van der Waals surface area contributed by atoms with E-state index in [1.165, 1.54) is 148 Å². The third kappa shape index (κ3) is 31.8. The number of carboxylic acid groups (broad SMARTS) is 1. The van der Waals surface area contributed by atoms with Crippen LogP contribution >= 0.6 is 0 Å². The molecule has 2 N–H and O–H groups in total. The van der Waals surface area contributed by atoms with Crippen molar-refractivity contribution in [2.24, 2.45) is 0 Å². The molecule has 0 saturated heterocycles. The predicted octanol–water partition coefficient (Wildman–Crippen LogP) is 11.2. The molecule has 0 heterocycles. The molecule has 1 amide bonds. The van der Waals surface area contributed by atoms with Crippen molar-refractivity contribution in [3.05, 3.63) is 0 Å². The second-order valence-corrected chi connectivity index (χ2v) is 13.2. The molecule has 0 unspecified atom stereocenters. The average Bonchev–Trinajstić information content (AvgIpc) is 3.00. The number of hydrogen-bond acceptors (Lipinski definition) is 4. The van der Waals surface area contributed by atoms with Crippen LogP contribution in [0.5, 0.6) is 0 Å². The van der Waals surface area contributed by atoms with E-state index in [0.29, 0.717) is 6.42 Å². The number of carbonyl (C=O) groups is 3. The van der Waals surface area contributed by atoms with Gasteiger partial charge in [0.25, 0.3) is 0 Å². The minimum atomic E-state index is -1.12. The van der Waals surface area contributed by atoms with Crippen LogP contribution in [0.25, 0.3) is 0 Å². The van der Waals surface area contributed by atoms with Gasteiger partial charge in [0, 0.05) is 6.42 Å². The van der Waals surface area contributed by atoms with Crippen LogP contribution in [0.3, 0.4) is 0 Å². The molecule has 260 valence electrons. The number of rotatable bonds is 35. The topological polar surface area (TPSA) is 92.7 Å². The largest absolute Gasteiger partial charge is 0.481 e. The second-order valence-electron chi connectivity index (χ2n) is 13.2. The average molecular weight is 624 g/mol. The fourth-order valence-corrected chi connectivity index (χ4v) is 5.86. The van der Waals surface area contributed by atoms with E-state index in [4.69, 9.17) is 4.74 Å². The zero-order valence-electron chi connectivity index (χ0n) is 29.3. The van der Waals surface area contributed by atoms with E-state index in [2.05, 4.69) is 19.2 Å². The molecule has 6 heteroatoms. The quantitative estimate of drug-likeness (QED) is 0.0541. The summed E-state index contributed by atoms with van der Waals surface area (Å²) < 4.78 is 5.33. The molecular weight excluding hydrogens is 550 g/mol. The number of carboxylic acids is 1. The third-order valence-electron chi connectivity index (χ3n) is 8.75. The van der Waals surface area contributed by atoms with Gasteiger partial charge in [-0.15, -0.1) is 0 Å². The lowest BCUT2D eigenvalue weighted by Crippen LogP contribution is -2.43. The lowest BCUT2D eigenvalue weighted by Gasteiger charge is -2.16. The number of nitrogens with one attached hydrogen (secondary N) is 1. The number of esters is 1. The zero-order valence-corrected chi connectivity index (χ0v) is 29.3. The first-order chi connectivity index (χ1) is 21.5. The summed E-state index contributed by atoms with van der Waals surface area (Å²) in [5.74, 6) is -2.01. The Hall–Kier alpha value is -1.59. The Morgan fingerprint density at radius 1 is 0.500 bits per heavy atom. The first kappa shape index (κ1) is 42.4. The second kappa shape index (κ2) is 34.3. The van der Waals surface area contributed by atoms with Gasteiger partial charge in [0.15, 0.2) is 0 Å². The summed E-state index contributed by atoms with van der Waals surface area (Å²) in [4.78, 5) is 36.1. The van der Waals surface area contributed by atoms with Gasteiger partial charge in [-0.25, -0.2) is 4.79 Å². The van der Waals surface area contributed by atoms with E-state index in [9.17, 15) is 19.5 Å². The minimum Gasteiger partial charge on any atom is -0.481 e. The van der Waals surface area contributed by atoms with Crippen LogP contribution < -0.4 is 5.32 Å². The van der Waals surface area contributed by atoms with Gasteiger partial charge in [-0.1, -0.05) is 187 Å². The van der Waals surface area contributed by atoms with Gasteiger partial charge in [0.1, 0.15) is 6.04 Å². The highest BCUT2D eigenvalue weighted by molar-refractivity contribution is 5.87. The van der Waals surface area contributed by atoms with Crippen LogP contribution in [0.4, 0.5) is 0 Å². The molecule has 0 bridgehead atoms. The molecule has 0 aliphatic carbocycles. The van der Waals surface area contributed by atoms with E-state index in [-0.39, 0.29) is 12.5 Å². The smallest absolute Gasteiger partial charge is 0.329 e. The van der Waals surface area contributed by atoms with Crippen LogP contribution in [0.2, 0.25) is 0 Å². The minimum absolute atomic E-state index is 0.265. The van der Waals surface area contributed by atoms with Crippen LogP contribution in [-0.2, 0) is 19.1 Å². The molecule has 6 nitrogen and oxygen atoms in total. The molecule has 0 aromatic carbocycles. The highest BCUT2D eigenvalue weighted by Crippen LogP contribution is 2.15. The van der Waals surface area contributed by atoms with Gasteiger partial charge in [-0.3, -0.25) is 9.59 Å². The monoisotopic (exact) mass is 624 g/mol. The Kier molecular flexibility index (Phi) is 33.0. The maximum atomic E-state index is 12.5. The van der Waals surface area contributed by atoms with Gasteiger partial charge >= 0.3 is 11.9 Å². The van der Waals surface area contributed by atoms with E-state index < -0.39 is 24.4 Å². The summed E-state index contributed by atoms with van der Waals surface area (Å²) in [6.07, 6.45) is 36.4. The zero-order chi connectivity index (χ0) is 32.4. The summed E-state index contributed by atoms with van der Waals surface area (Å²) in [6.45, 7) is 4.80. The summed E-state index contributed by atoms with van der Waals surface area (Å²) in [7, 11) is 0. The molecule has 0 saturated carbocycles. The van der Waals surface area contributed by atoms with E-state index in [0.717, 1.165) is 38.5 Å². The van der Waals surface area contributed by atoms with E-state index >= 15 is 0 Å². The number of hydrogen-bond donors (Lipinski definition) is 2. The number of amides is 1. The van der Waals surface area contributed by atoms with Crippen molar-refractivity contribution in [1.29, 1.82) is 0 Å². The van der Waals surface area contributed by atoms with Crippen LogP contribution in [0, 0.1) is 0 Å². The Morgan fingerprint density at radius 3 is 1.16 bits per heavy atom. The number of aliphatic carboxylic acids is 1. The standard InChI is InChI=1S/C38H73NO5/c1-3-5-7-9-11-13-15-17-18-19-21-23-25-27-29-31-33-44-38(43)35(34-37(41)42)39-36(40)32-30-28-26-24-22-20-16-14-12-10-8-6-4-2/h35H,3-34H2,1-2H3,(H,39,40)(H,41,42)/t35-/m0/s1. The summed E-state index contributed by atoms with van der Waals surface area (Å²) in [5.41, 5.74) is 0. The van der Waals surface area contributed by atoms with Crippen LogP contribution in [0.15, 0.2) is 0 Å². The highest BCUT2D eigenvalue weighted by Gasteiger charge is 2.25. The van der Waals surface area contributed by atoms with Gasteiger partial charge in [0.05, 0.1) is 13.0 Å². The molecule has 0 rings (SSSR count). The lowest BCUT2D eigenvalue weighted by atomic mass is 10.0. The van der Waals surface area contributed by atoms with Crippen molar-refractivity contribution in [3.63, 3.8) is 0 Å². The van der Waals surface area contributed by atoms with Crippen molar-refractivity contribution in [2.45, 2.75) is 219 Å². The van der Waals surface area contributed by atoms with Crippen LogP contribution in [0.1, 0.15) is 213 Å². The van der Waals surface area contributed by atoms with Gasteiger partial charge in [-0.2, -0.15) is 0 Å². The molecule has 44 heavy (non-hydrogen) atoms. The summed E-state index contributed by atoms with van der Waals surface area (Å²) >= 11 is 0. The maximum absolute atomic E-state index is 12.5.